The molecule has 106 valence electrons. The third-order valence-corrected chi connectivity index (χ3v) is 4.07. The number of anilines is 2. The standard InChI is InChI=1S/C12H15N5O2S/c1-18-10-11(19-2)16-9(5-14-10)17-4-3-7-8(6-17)20-12(13)15-7/h5H,3-4,6H2,1-2H3,(H2,13,15). The molecule has 20 heavy (non-hydrogen) atoms. The second kappa shape index (κ2) is 5.12. The molecule has 2 aromatic rings. The maximum atomic E-state index is 5.75. The minimum atomic E-state index is 0.385. The highest BCUT2D eigenvalue weighted by atomic mass is 32.1. The highest BCUT2D eigenvalue weighted by molar-refractivity contribution is 7.15. The Morgan fingerprint density at radius 1 is 1.25 bits per heavy atom. The van der Waals surface area contributed by atoms with Gasteiger partial charge in [-0.3, -0.25) is 0 Å². The van der Waals surface area contributed by atoms with Crippen molar-refractivity contribution in [3.05, 3.63) is 16.8 Å². The second-order valence-corrected chi connectivity index (χ2v) is 5.46. The van der Waals surface area contributed by atoms with Crippen molar-refractivity contribution in [2.45, 2.75) is 13.0 Å². The predicted octanol–water partition coefficient (Wildman–Crippen LogP) is 1.10. The lowest BCUT2D eigenvalue weighted by molar-refractivity contribution is 0.331. The molecule has 2 N–H and O–H groups in total. The number of ether oxygens (including phenoxy) is 2. The van der Waals surface area contributed by atoms with Crippen LogP contribution in [0, 0.1) is 0 Å². The first-order valence-corrected chi connectivity index (χ1v) is 6.97. The SMILES string of the molecule is COc1ncc(N2CCc3nc(N)sc3C2)nc1OC. The highest BCUT2D eigenvalue weighted by Gasteiger charge is 2.22. The van der Waals surface area contributed by atoms with Gasteiger partial charge in [-0.05, 0) is 0 Å². The van der Waals surface area contributed by atoms with Crippen LogP contribution < -0.4 is 20.1 Å². The van der Waals surface area contributed by atoms with Crippen LogP contribution in [0.15, 0.2) is 6.20 Å². The summed E-state index contributed by atoms with van der Waals surface area (Å²) < 4.78 is 10.3. The van der Waals surface area contributed by atoms with Gasteiger partial charge in [0.15, 0.2) is 10.9 Å². The maximum absolute atomic E-state index is 5.75. The summed E-state index contributed by atoms with van der Waals surface area (Å²) in [6.45, 7) is 1.58. The number of methoxy groups -OCH3 is 2. The summed E-state index contributed by atoms with van der Waals surface area (Å²) in [5.41, 5.74) is 6.84. The summed E-state index contributed by atoms with van der Waals surface area (Å²) in [4.78, 5) is 16.3. The Morgan fingerprint density at radius 3 is 2.80 bits per heavy atom. The Balaban J connectivity index is 1.87. The Bertz CT molecular complexity index is 630. The molecule has 0 saturated carbocycles. The summed E-state index contributed by atoms with van der Waals surface area (Å²) in [5.74, 6) is 1.54. The van der Waals surface area contributed by atoms with Crippen molar-refractivity contribution in [3.8, 4) is 11.8 Å². The van der Waals surface area contributed by atoms with Crippen LogP contribution in [0.3, 0.4) is 0 Å². The molecule has 1 aliphatic heterocycles. The van der Waals surface area contributed by atoms with Crippen LogP contribution in [0.5, 0.6) is 11.8 Å². The number of nitrogen functional groups attached to an aromatic ring is 1. The quantitative estimate of drug-likeness (QED) is 0.906. The van der Waals surface area contributed by atoms with E-state index in [4.69, 9.17) is 15.2 Å². The number of hydrogen-bond acceptors (Lipinski definition) is 8. The van der Waals surface area contributed by atoms with Gasteiger partial charge in [0.25, 0.3) is 11.8 Å². The smallest absolute Gasteiger partial charge is 0.279 e. The van der Waals surface area contributed by atoms with Crippen LogP contribution in [0.25, 0.3) is 0 Å². The van der Waals surface area contributed by atoms with Gasteiger partial charge in [-0.1, -0.05) is 0 Å². The topological polar surface area (TPSA) is 86.4 Å². The van der Waals surface area contributed by atoms with Gasteiger partial charge in [-0.25, -0.2) is 9.97 Å². The molecule has 0 atom stereocenters. The van der Waals surface area contributed by atoms with Crippen molar-refractivity contribution in [1.82, 2.24) is 15.0 Å². The zero-order valence-corrected chi connectivity index (χ0v) is 12.1. The molecule has 7 nitrogen and oxygen atoms in total. The fourth-order valence-corrected chi connectivity index (χ4v) is 3.08. The largest absolute Gasteiger partial charge is 0.477 e. The van der Waals surface area contributed by atoms with Gasteiger partial charge in [0.2, 0.25) is 0 Å². The highest BCUT2D eigenvalue weighted by Crippen LogP contribution is 2.30. The van der Waals surface area contributed by atoms with Crippen molar-refractivity contribution >= 4 is 22.3 Å². The maximum Gasteiger partial charge on any atom is 0.279 e. The monoisotopic (exact) mass is 293 g/mol. The van der Waals surface area contributed by atoms with E-state index in [0.29, 0.717) is 16.9 Å². The molecule has 0 unspecified atom stereocenters. The molecule has 3 rings (SSSR count). The number of nitrogens with two attached hydrogens (primary N) is 1. The van der Waals surface area contributed by atoms with Gasteiger partial charge in [0, 0.05) is 17.8 Å². The van der Waals surface area contributed by atoms with Gasteiger partial charge in [-0.15, -0.1) is 11.3 Å². The van der Waals surface area contributed by atoms with E-state index >= 15 is 0 Å². The van der Waals surface area contributed by atoms with E-state index in [2.05, 4.69) is 19.9 Å². The van der Waals surface area contributed by atoms with E-state index in [1.807, 2.05) is 0 Å². The first-order valence-electron chi connectivity index (χ1n) is 6.15. The predicted molar refractivity (Wildman–Crippen MR) is 76.4 cm³/mol. The van der Waals surface area contributed by atoms with Crippen molar-refractivity contribution in [2.75, 3.05) is 31.4 Å². The van der Waals surface area contributed by atoms with E-state index < -0.39 is 0 Å². The zero-order chi connectivity index (χ0) is 14.1. The molecule has 0 bridgehead atoms. The lowest BCUT2D eigenvalue weighted by Gasteiger charge is -2.27. The zero-order valence-electron chi connectivity index (χ0n) is 11.3. The third-order valence-electron chi connectivity index (χ3n) is 3.15. The van der Waals surface area contributed by atoms with Crippen LogP contribution in [0.4, 0.5) is 10.9 Å². The molecular weight excluding hydrogens is 278 g/mol. The summed E-state index contributed by atoms with van der Waals surface area (Å²) in [6, 6.07) is 0. The second-order valence-electron chi connectivity index (χ2n) is 4.34. The number of nitrogens with zero attached hydrogens (tertiary/aromatic N) is 4. The van der Waals surface area contributed by atoms with E-state index in [1.54, 1.807) is 20.4 Å². The molecule has 0 radical (unpaired) electrons. The average Bonchev–Trinajstić information content (AvgIpc) is 2.85. The van der Waals surface area contributed by atoms with E-state index in [0.717, 1.165) is 31.0 Å². The molecule has 0 fully saturated rings. The Morgan fingerprint density at radius 2 is 2.05 bits per heavy atom. The molecule has 2 aromatic heterocycles. The van der Waals surface area contributed by atoms with Crippen molar-refractivity contribution in [2.24, 2.45) is 0 Å². The molecule has 0 amide bonds. The van der Waals surface area contributed by atoms with Crippen molar-refractivity contribution in [1.29, 1.82) is 0 Å². The number of hydrogen-bond donors (Lipinski definition) is 1. The van der Waals surface area contributed by atoms with Crippen LogP contribution in [-0.4, -0.2) is 35.7 Å². The molecule has 0 spiro atoms. The van der Waals surface area contributed by atoms with Crippen molar-refractivity contribution in [3.63, 3.8) is 0 Å². The Kier molecular flexibility index (Phi) is 3.31. The minimum absolute atomic E-state index is 0.385. The van der Waals surface area contributed by atoms with Gasteiger partial charge in [0.1, 0.15) is 0 Å². The van der Waals surface area contributed by atoms with Gasteiger partial charge < -0.3 is 20.1 Å². The molecule has 0 aromatic carbocycles. The third kappa shape index (κ3) is 2.22. The van der Waals surface area contributed by atoms with Gasteiger partial charge in [-0.2, -0.15) is 4.98 Å². The Hall–Kier alpha value is -2.09. The van der Waals surface area contributed by atoms with Crippen LogP contribution in [0.1, 0.15) is 10.6 Å². The van der Waals surface area contributed by atoms with E-state index in [1.165, 1.54) is 16.2 Å². The summed E-state index contributed by atoms with van der Waals surface area (Å²) >= 11 is 1.53. The fraction of sp³-hybridized carbons (Fsp3) is 0.417. The summed E-state index contributed by atoms with van der Waals surface area (Å²) in [7, 11) is 3.09. The first-order chi connectivity index (χ1) is 9.71. The fourth-order valence-electron chi connectivity index (χ4n) is 2.19. The van der Waals surface area contributed by atoms with Crippen molar-refractivity contribution < 1.29 is 9.47 Å². The number of aromatic nitrogens is 3. The minimum Gasteiger partial charge on any atom is -0.477 e. The lowest BCUT2D eigenvalue weighted by Crippen LogP contribution is -2.30. The average molecular weight is 293 g/mol. The van der Waals surface area contributed by atoms with Crippen LogP contribution in [0.2, 0.25) is 0 Å². The van der Waals surface area contributed by atoms with E-state index in [9.17, 15) is 0 Å². The summed E-state index contributed by atoms with van der Waals surface area (Å²) in [6.07, 6.45) is 2.55. The number of thiazole rings is 1. The normalized spacial score (nSPS) is 14.0. The molecular formula is C12H15N5O2S. The van der Waals surface area contributed by atoms with Crippen LogP contribution >= 0.6 is 11.3 Å². The molecule has 0 saturated heterocycles. The molecule has 0 aliphatic carbocycles. The number of fused-ring (bicyclic) bond motifs is 1. The van der Waals surface area contributed by atoms with Gasteiger partial charge >= 0.3 is 0 Å². The first kappa shape index (κ1) is 12.9. The van der Waals surface area contributed by atoms with Gasteiger partial charge in [0.05, 0.1) is 32.7 Å². The number of rotatable bonds is 3. The molecule has 3 heterocycles. The lowest BCUT2D eigenvalue weighted by atomic mass is 10.2. The van der Waals surface area contributed by atoms with E-state index in [-0.39, 0.29) is 0 Å². The molecule has 1 aliphatic rings. The van der Waals surface area contributed by atoms with Crippen LogP contribution in [-0.2, 0) is 13.0 Å². The Labute approximate surface area is 120 Å². The summed E-state index contributed by atoms with van der Waals surface area (Å²) in [5, 5.41) is 0.621. The molecule has 8 heteroatoms.